The average Bonchev–Trinajstić information content (AvgIpc) is 2.35. The monoisotopic (exact) mass is 219 g/mol. The number of para-hydroxylation sites is 2. The molecule has 16 heavy (non-hydrogen) atoms. The molecule has 86 valence electrons. The molecule has 0 radical (unpaired) electrons. The number of hydrogen-bond acceptors (Lipinski definition) is 3. The van der Waals surface area contributed by atoms with Gasteiger partial charge in [0.1, 0.15) is 12.7 Å². The van der Waals surface area contributed by atoms with Crippen molar-refractivity contribution in [1.82, 2.24) is 5.32 Å². The molecule has 1 aromatic carbocycles. The Morgan fingerprint density at radius 3 is 3.00 bits per heavy atom. The van der Waals surface area contributed by atoms with Gasteiger partial charge < -0.3 is 14.8 Å². The standard InChI is InChI=1S/C13H17NO2/c1-3-8-14-10(2)13-9-15-11-6-4-5-7-12(11)16-13/h3-7,10,13-14H,1,8-9H2,2H3/t10-,13+/m1/s1. The minimum Gasteiger partial charge on any atom is -0.486 e. The van der Waals surface area contributed by atoms with Gasteiger partial charge in [-0.15, -0.1) is 6.58 Å². The Kier molecular flexibility index (Phi) is 3.47. The molecule has 3 heteroatoms. The molecule has 1 aliphatic rings. The normalized spacial score (nSPS) is 20.2. The Morgan fingerprint density at radius 1 is 1.50 bits per heavy atom. The van der Waals surface area contributed by atoms with Crippen molar-refractivity contribution in [2.24, 2.45) is 0 Å². The topological polar surface area (TPSA) is 30.5 Å². The summed E-state index contributed by atoms with van der Waals surface area (Å²) in [4.78, 5) is 0. The first kappa shape index (κ1) is 11.0. The number of hydrogen-bond donors (Lipinski definition) is 1. The van der Waals surface area contributed by atoms with Gasteiger partial charge in [0.2, 0.25) is 0 Å². The van der Waals surface area contributed by atoms with E-state index in [1.54, 1.807) is 0 Å². The van der Waals surface area contributed by atoms with Crippen LogP contribution in [-0.2, 0) is 0 Å². The van der Waals surface area contributed by atoms with Crippen LogP contribution in [0.5, 0.6) is 11.5 Å². The quantitative estimate of drug-likeness (QED) is 0.786. The van der Waals surface area contributed by atoms with Gasteiger partial charge in [-0.2, -0.15) is 0 Å². The summed E-state index contributed by atoms with van der Waals surface area (Å²) < 4.78 is 11.5. The van der Waals surface area contributed by atoms with E-state index in [-0.39, 0.29) is 12.1 Å². The van der Waals surface area contributed by atoms with E-state index in [0.29, 0.717) is 6.61 Å². The highest BCUT2D eigenvalue weighted by Crippen LogP contribution is 2.31. The zero-order chi connectivity index (χ0) is 11.4. The van der Waals surface area contributed by atoms with Crippen LogP contribution in [0.3, 0.4) is 0 Å². The Hall–Kier alpha value is -1.48. The van der Waals surface area contributed by atoms with E-state index < -0.39 is 0 Å². The fraction of sp³-hybridized carbons (Fsp3) is 0.385. The molecule has 0 saturated carbocycles. The molecule has 1 aliphatic heterocycles. The second kappa shape index (κ2) is 5.03. The maximum absolute atomic E-state index is 5.87. The maximum atomic E-state index is 5.87. The number of benzene rings is 1. The summed E-state index contributed by atoms with van der Waals surface area (Å²) in [6.45, 7) is 7.13. The third kappa shape index (κ3) is 2.36. The molecule has 3 nitrogen and oxygen atoms in total. The van der Waals surface area contributed by atoms with Crippen molar-refractivity contribution in [3.05, 3.63) is 36.9 Å². The SMILES string of the molecule is C=CCN[C@H](C)[C@@H]1COc2ccccc2O1. The van der Waals surface area contributed by atoms with Crippen molar-refractivity contribution in [2.75, 3.05) is 13.2 Å². The first-order chi connectivity index (χ1) is 7.81. The Balaban J connectivity index is 1.99. The maximum Gasteiger partial charge on any atom is 0.161 e. The molecule has 0 aliphatic carbocycles. The molecule has 2 atom stereocenters. The van der Waals surface area contributed by atoms with E-state index >= 15 is 0 Å². The van der Waals surface area contributed by atoms with Crippen molar-refractivity contribution in [1.29, 1.82) is 0 Å². The van der Waals surface area contributed by atoms with Gasteiger partial charge in [-0.25, -0.2) is 0 Å². The molecule has 0 fully saturated rings. The van der Waals surface area contributed by atoms with E-state index in [9.17, 15) is 0 Å². The van der Waals surface area contributed by atoms with E-state index in [1.165, 1.54) is 0 Å². The van der Waals surface area contributed by atoms with Crippen LogP contribution >= 0.6 is 0 Å². The molecule has 0 saturated heterocycles. The van der Waals surface area contributed by atoms with Crippen molar-refractivity contribution < 1.29 is 9.47 Å². The molecule has 0 bridgehead atoms. The van der Waals surface area contributed by atoms with Crippen molar-refractivity contribution in [2.45, 2.75) is 19.1 Å². The predicted molar refractivity (Wildman–Crippen MR) is 64.0 cm³/mol. The Morgan fingerprint density at radius 2 is 2.25 bits per heavy atom. The van der Waals surface area contributed by atoms with E-state index in [0.717, 1.165) is 18.0 Å². The zero-order valence-electron chi connectivity index (χ0n) is 9.48. The van der Waals surface area contributed by atoms with Gasteiger partial charge in [0, 0.05) is 12.6 Å². The Labute approximate surface area is 96.1 Å². The van der Waals surface area contributed by atoms with Crippen LogP contribution in [-0.4, -0.2) is 25.3 Å². The third-order valence-corrected chi connectivity index (χ3v) is 2.67. The fourth-order valence-corrected chi connectivity index (χ4v) is 1.68. The summed E-state index contributed by atoms with van der Waals surface area (Å²) in [6, 6.07) is 8.00. The lowest BCUT2D eigenvalue weighted by atomic mass is 10.1. The molecular formula is C13H17NO2. The van der Waals surface area contributed by atoms with Crippen LogP contribution < -0.4 is 14.8 Å². The van der Waals surface area contributed by atoms with Gasteiger partial charge in [0.25, 0.3) is 0 Å². The summed E-state index contributed by atoms with van der Waals surface area (Å²) in [5.41, 5.74) is 0. The highest BCUT2D eigenvalue weighted by atomic mass is 16.6. The summed E-state index contributed by atoms with van der Waals surface area (Å²) in [5, 5.41) is 3.31. The fourth-order valence-electron chi connectivity index (χ4n) is 1.68. The lowest BCUT2D eigenvalue weighted by Gasteiger charge is -2.30. The highest BCUT2D eigenvalue weighted by Gasteiger charge is 2.25. The van der Waals surface area contributed by atoms with E-state index in [1.807, 2.05) is 30.3 Å². The van der Waals surface area contributed by atoms with Crippen LogP contribution in [0.2, 0.25) is 0 Å². The number of fused-ring (bicyclic) bond motifs is 1. The van der Waals surface area contributed by atoms with Crippen LogP contribution in [0.25, 0.3) is 0 Å². The minimum atomic E-state index is 0.0508. The molecule has 0 aromatic heterocycles. The van der Waals surface area contributed by atoms with Crippen molar-refractivity contribution in [3.8, 4) is 11.5 Å². The molecular weight excluding hydrogens is 202 g/mol. The molecule has 0 spiro atoms. The summed E-state index contributed by atoms with van der Waals surface area (Å²) in [7, 11) is 0. The van der Waals surface area contributed by atoms with Gasteiger partial charge >= 0.3 is 0 Å². The minimum absolute atomic E-state index is 0.0508. The molecule has 1 N–H and O–H groups in total. The number of ether oxygens (including phenoxy) is 2. The van der Waals surface area contributed by atoms with E-state index in [4.69, 9.17) is 9.47 Å². The third-order valence-electron chi connectivity index (χ3n) is 2.67. The van der Waals surface area contributed by atoms with Gasteiger partial charge in [0.05, 0.1) is 0 Å². The molecule has 1 heterocycles. The second-order valence-corrected chi connectivity index (χ2v) is 3.90. The smallest absolute Gasteiger partial charge is 0.161 e. The zero-order valence-corrected chi connectivity index (χ0v) is 9.48. The molecule has 1 aromatic rings. The van der Waals surface area contributed by atoms with Crippen LogP contribution in [0.1, 0.15) is 6.92 Å². The van der Waals surface area contributed by atoms with E-state index in [2.05, 4.69) is 18.8 Å². The first-order valence-corrected chi connectivity index (χ1v) is 5.54. The number of rotatable bonds is 4. The van der Waals surface area contributed by atoms with Gasteiger partial charge in [-0.1, -0.05) is 18.2 Å². The average molecular weight is 219 g/mol. The summed E-state index contributed by atoms with van der Waals surface area (Å²) in [5.74, 6) is 1.65. The number of nitrogens with one attached hydrogen (secondary N) is 1. The second-order valence-electron chi connectivity index (χ2n) is 3.90. The Bertz CT molecular complexity index is 365. The van der Waals surface area contributed by atoms with Crippen molar-refractivity contribution in [3.63, 3.8) is 0 Å². The van der Waals surface area contributed by atoms with Gasteiger partial charge in [0.15, 0.2) is 11.5 Å². The lowest BCUT2D eigenvalue weighted by Crippen LogP contribution is -2.46. The van der Waals surface area contributed by atoms with Crippen LogP contribution in [0.4, 0.5) is 0 Å². The predicted octanol–water partition coefficient (Wildman–Crippen LogP) is 1.99. The summed E-state index contributed by atoms with van der Waals surface area (Å²) >= 11 is 0. The van der Waals surface area contributed by atoms with Crippen molar-refractivity contribution >= 4 is 0 Å². The van der Waals surface area contributed by atoms with Crippen LogP contribution in [0.15, 0.2) is 36.9 Å². The molecule has 2 rings (SSSR count). The first-order valence-electron chi connectivity index (χ1n) is 5.54. The van der Waals surface area contributed by atoms with Gasteiger partial charge in [-0.05, 0) is 19.1 Å². The largest absolute Gasteiger partial charge is 0.486 e. The molecule has 0 amide bonds. The highest BCUT2D eigenvalue weighted by molar-refractivity contribution is 5.40. The summed E-state index contributed by atoms with van der Waals surface area (Å²) in [6.07, 6.45) is 1.89. The lowest BCUT2D eigenvalue weighted by molar-refractivity contribution is 0.0677. The van der Waals surface area contributed by atoms with Gasteiger partial charge in [-0.3, -0.25) is 0 Å². The van der Waals surface area contributed by atoms with Crippen LogP contribution in [0, 0.1) is 0 Å². The molecule has 0 unspecified atom stereocenters.